The zero-order valence-corrected chi connectivity index (χ0v) is 17.7. The lowest BCUT2D eigenvalue weighted by Gasteiger charge is -2.60. The molecule has 2 unspecified atom stereocenters. The molecule has 1 aliphatic heterocycles. The third-order valence-electron chi connectivity index (χ3n) is 8.05. The molecule has 158 valence electrons. The van der Waals surface area contributed by atoms with Crippen molar-refractivity contribution in [3.05, 3.63) is 35.4 Å². The smallest absolute Gasteiger partial charge is 0.220 e. The predicted octanol–water partition coefficient (Wildman–Crippen LogP) is 4.01. The van der Waals surface area contributed by atoms with Gasteiger partial charge in [-0.1, -0.05) is 30.7 Å². The van der Waals surface area contributed by atoms with Crippen molar-refractivity contribution in [2.45, 2.75) is 82.9 Å². The van der Waals surface area contributed by atoms with Gasteiger partial charge in [-0.2, -0.15) is 0 Å². The quantitative estimate of drug-likeness (QED) is 0.764. The maximum atomic E-state index is 12.7. The molecule has 1 saturated heterocycles. The van der Waals surface area contributed by atoms with Gasteiger partial charge in [-0.05, 0) is 92.8 Å². The summed E-state index contributed by atoms with van der Waals surface area (Å²) in [6.07, 6.45) is 10.9. The maximum absolute atomic E-state index is 12.7. The zero-order chi connectivity index (χ0) is 19.9. The van der Waals surface area contributed by atoms with Crippen molar-refractivity contribution in [3.8, 4) is 0 Å². The van der Waals surface area contributed by atoms with E-state index in [0.29, 0.717) is 24.8 Å². The second-order valence-electron chi connectivity index (χ2n) is 10.8. The first-order chi connectivity index (χ1) is 14.0. The molecule has 2 atom stereocenters. The monoisotopic (exact) mass is 396 g/mol. The first-order valence-electron chi connectivity index (χ1n) is 11.8. The van der Waals surface area contributed by atoms with E-state index in [0.717, 1.165) is 38.6 Å². The molecule has 4 bridgehead atoms. The Morgan fingerprint density at radius 2 is 1.66 bits per heavy atom. The molecule has 1 amide bonds. The number of aliphatic hydroxyl groups is 1. The minimum absolute atomic E-state index is 0.0568. The number of hydrogen-bond acceptors (Lipinski definition) is 3. The van der Waals surface area contributed by atoms with Crippen LogP contribution < -0.4 is 5.32 Å². The van der Waals surface area contributed by atoms with Crippen LogP contribution in [-0.4, -0.2) is 34.6 Å². The average Bonchev–Trinajstić information content (AvgIpc) is 2.66. The van der Waals surface area contributed by atoms with Crippen LogP contribution in [0.1, 0.15) is 75.3 Å². The molecular weight excluding hydrogens is 360 g/mol. The van der Waals surface area contributed by atoms with Crippen LogP contribution in [-0.2, 0) is 17.9 Å². The van der Waals surface area contributed by atoms with E-state index >= 15 is 0 Å². The Morgan fingerprint density at radius 3 is 2.31 bits per heavy atom. The molecule has 2 N–H and O–H groups in total. The summed E-state index contributed by atoms with van der Waals surface area (Å²) in [7, 11) is 0. The normalized spacial score (nSPS) is 36.3. The van der Waals surface area contributed by atoms with Crippen molar-refractivity contribution in [2.75, 3.05) is 13.1 Å². The van der Waals surface area contributed by atoms with Gasteiger partial charge in [0.2, 0.25) is 5.91 Å². The summed E-state index contributed by atoms with van der Waals surface area (Å²) in [5, 5.41) is 14.1. The summed E-state index contributed by atoms with van der Waals surface area (Å²) in [4.78, 5) is 15.3. The third kappa shape index (κ3) is 4.39. The van der Waals surface area contributed by atoms with E-state index in [9.17, 15) is 9.90 Å². The van der Waals surface area contributed by atoms with Gasteiger partial charge in [-0.25, -0.2) is 0 Å². The molecule has 4 heteroatoms. The first-order valence-corrected chi connectivity index (χ1v) is 11.8. The van der Waals surface area contributed by atoms with Crippen molar-refractivity contribution in [1.82, 2.24) is 10.2 Å². The Labute approximate surface area is 175 Å². The van der Waals surface area contributed by atoms with Gasteiger partial charge < -0.3 is 10.4 Å². The molecule has 1 heterocycles. The first kappa shape index (κ1) is 19.6. The number of piperidine rings is 1. The number of nitrogens with one attached hydrogen (secondary N) is 1. The van der Waals surface area contributed by atoms with Gasteiger partial charge in [0.15, 0.2) is 0 Å². The third-order valence-corrected chi connectivity index (χ3v) is 8.05. The summed E-state index contributed by atoms with van der Waals surface area (Å²) in [6, 6.07) is 8.75. The van der Waals surface area contributed by atoms with Crippen LogP contribution in [0.15, 0.2) is 24.3 Å². The van der Waals surface area contributed by atoms with E-state index in [-0.39, 0.29) is 11.3 Å². The van der Waals surface area contributed by atoms with Crippen molar-refractivity contribution in [3.63, 3.8) is 0 Å². The fourth-order valence-corrected chi connectivity index (χ4v) is 7.35. The van der Waals surface area contributed by atoms with E-state index in [1.54, 1.807) is 0 Å². The van der Waals surface area contributed by atoms with E-state index in [2.05, 4.69) is 34.5 Å². The number of benzene rings is 1. The molecule has 4 saturated carbocycles. The van der Waals surface area contributed by atoms with E-state index in [1.165, 1.54) is 49.9 Å². The van der Waals surface area contributed by atoms with Crippen molar-refractivity contribution in [1.29, 1.82) is 0 Å². The molecule has 1 aromatic carbocycles. The second-order valence-corrected chi connectivity index (χ2v) is 10.8. The molecule has 6 rings (SSSR count). The number of carbonyl (C=O) groups excluding carboxylic acids is 1. The van der Waals surface area contributed by atoms with Gasteiger partial charge in [-0.15, -0.1) is 0 Å². The van der Waals surface area contributed by atoms with Crippen LogP contribution in [0.4, 0.5) is 0 Å². The Bertz CT molecular complexity index is 724. The van der Waals surface area contributed by atoms with Crippen molar-refractivity contribution in [2.24, 2.45) is 17.3 Å². The number of nitrogens with zero attached hydrogens (tertiary/aromatic N) is 1. The lowest BCUT2D eigenvalue weighted by molar-refractivity contribution is -0.169. The summed E-state index contributed by atoms with van der Waals surface area (Å²) in [5.74, 6) is 1.44. The second kappa shape index (κ2) is 7.70. The van der Waals surface area contributed by atoms with Gasteiger partial charge in [0.25, 0.3) is 0 Å². The van der Waals surface area contributed by atoms with Gasteiger partial charge in [0.05, 0.1) is 5.60 Å². The maximum Gasteiger partial charge on any atom is 0.220 e. The number of likely N-dealkylation sites (tertiary alicyclic amines) is 1. The average molecular weight is 397 g/mol. The Morgan fingerprint density at radius 1 is 1.00 bits per heavy atom. The molecule has 0 spiro atoms. The predicted molar refractivity (Wildman–Crippen MR) is 114 cm³/mol. The summed E-state index contributed by atoms with van der Waals surface area (Å²) >= 11 is 0. The van der Waals surface area contributed by atoms with Gasteiger partial charge in [0, 0.05) is 19.5 Å². The van der Waals surface area contributed by atoms with Gasteiger partial charge in [0.1, 0.15) is 0 Å². The topological polar surface area (TPSA) is 52.6 Å². The molecule has 4 aliphatic carbocycles. The Hall–Kier alpha value is -1.39. The number of hydrogen-bond donors (Lipinski definition) is 2. The molecule has 1 aromatic rings. The van der Waals surface area contributed by atoms with Crippen LogP contribution in [0.25, 0.3) is 0 Å². The van der Waals surface area contributed by atoms with E-state index in [1.807, 2.05) is 0 Å². The molecule has 5 aliphatic rings. The van der Waals surface area contributed by atoms with Gasteiger partial charge in [-0.3, -0.25) is 9.69 Å². The fourth-order valence-electron chi connectivity index (χ4n) is 7.35. The Kier molecular flexibility index (Phi) is 5.19. The molecule has 0 aromatic heterocycles. The molecule has 5 fully saturated rings. The minimum atomic E-state index is -0.478. The van der Waals surface area contributed by atoms with Crippen molar-refractivity contribution >= 4 is 5.91 Å². The summed E-state index contributed by atoms with van der Waals surface area (Å²) in [6.45, 7) is 4.09. The highest BCUT2D eigenvalue weighted by atomic mass is 16.3. The number of carbonyl (C=O) groups is 1. The van der Waals surface area contributed by atoms with Crippen LogP contribution in [0.3, 0.4) is 0 Å². The molecule has 0 radical (unpaired) electrons. The number of amides is 1. The summed E-state index contributed by atoms with van der Waals surface area (Å²) < 4.78 is 0. The zero-order valence-electron chi connectivity index (χ0n) is 17.7. The molecular formula is C25H36N2O2. The highest BCUT2D eigenvalue weighted by Crippen LogP contribution is 2.62. The lowest BCUT2D eigenvalue weighted by Crippen LogP contribution is -2.56. The minimum Gasteiger partial charge on any atom is -0.390 e. The number of rotatable bonds is 6. The van der Waals surface area contributed by atoms with Crippen LogP contribution in [0.2, 0.25) is 0 Å². The highest BCUT2D eigenvalue weighted by molar-refractivity contribution is 5.76. The molecule has 29 heavy (non-hydrogen) atoms. The van der Waals surface area contributed by atoms with Crippen LogP contribution in [0, 0.1) is 17.3 Å². The van der Waals surface area contributed by atoms with Gasteiger partial charge >= 0.3 is 0 Å². The van der Waals surface area contributed by atoms with Crippen molar-refractivity contribution < 1.29 is 9.90 Å². The lowest BCUT2D eigenvalue weighted by atomic mass is 9.47. The van der Waals surface area contributed by atoms with Crippen LogP contribution >= 0.6 is 0 Å². The standard InChI is InChI=1S/C25H36N2O2/c28-23(15-24-11-21-10-22(12-24)14-25(29,13-21)18-24)26-16-19-4-6-20(7-5-19)17-27-8-2-1-3-9-27/h4-7,21-22,29H,1-3,8-18H2,(H,26,28). The SMILES string of the molecule is O=C(CC12CC3CC(CC(O)(C3)C1)C2)NCc1ccc(CN2CCCCC2)cc1. The fraction of sp³-hybridized carbons (Fsp3) is 0.720. The van der Waals surface area contributed by atoms with E-state index < -0.39 is 5.60 Å². The largest absolute Gasteiger partial charge is 0.390 e. The Balaban J connectivity index is 1.12. The molecule has 4 nitrogen and oxygen atoms in total. The highest BCUT2D eigenvalue weighted by Gasteiger charge is 2.57. The van der Waals surface area contributed by atoms with Crippen LogP contribution in [0.5, 0.6) is 0 Å². The summed E-state index contributed by atoms with van der Waals surface area (Å²) in [5.41, 5.74) is 2.11. The van der Waals surface area contributed by atoms with E-state index in [4.69, 9.17) is 0 Å².